The molecule has 1 N–H and O–H groups in total. The highest BCUT2D eigenvalue weighted by atomic mass is 32.1. The Kier molecular flexibility index (Phi) is 5.34. The van der Waals surface area contributed by atoms with Crippen molar-refractivity contribution in [1.82, 2.24) is 5.32 Å². The first-order chi connectivity index (χ1) is 7.24. The van der Waals surface area contributed by atoms with Gasteiger partial charge in [0.05, 0.1) is 0 Å². The zero-order chi connectivity index (χ0) is 11.3. The predicted molar refractivity (Wildman–Crippen MR) is 69.6 cm³/mol. The number of hydrogen-bond donors (Lipinski definition) is 1. The van der Waals surface area contributed by atoms with E-state index < -0.39 is 0 Å². The molecule has 1 rings (SSSR count). The lowest BCUT2D eigenvalue weighted by Crippen LogP contribution is -2.23. The molecule has 2 heteroatoms. The summed E-state index contributed by atoms with van der Waals surface area (Å²) in [6.45, 7) is 6.85. The van der Waals surface area contributed by atoms with Gasteiger partial charge in [-0.05, 0) is 42.8 Å². The highest BCUT2D eigenvalue weighted by Gasteiger charge is 2.20. The smallest absolute Gasteiger partial charge is 0.0441 e. The minimum Gasteiger partial charge on any atom is -0.312 e. The van der Waals surface area contributed by atoms with Gasteiger partial charge in [-0.15, -0.1) is 11.3 Å². The van der Waals surface area contributed by atoms with Crippen molar-refractivity contribution >= 4 is 11.3 Å². The van der Waals surface area contributed by atoms with E-state index in [0.29, 0.717) is 6.04 Å². The van der Waals surface area contributed by atoms with E-state index >= 15 is 0 Å². The first kappa shape index (κ1) is 12.7. The third-order valence-electron chi connectivity index (χ3n) is 3.07. The number of rotatable bonds is 6. The SMILES string of the molecule is CCCC(C)C(NC)c1sccc1CC. The van der Waals surface area contributed by atoms with Crippen LogP contribution in [0.4, 0.5) is 0 Å². The Hall–Kier alpha value is -0.340. The van der Waals surface area contributed by atoms with Crippen molar-refractivity contribution in [3.05, 3.63) is 21.9 Å². The van der Waals surface area contributed by atoms with E-state index in [-0.39, 0.29) is 0 Å². The topological polar surface area (TPSA) is 12.0 Å². The third-order valence-corrected chi connectivity index (χ3v) is 4.11. The van der Waals surface area contributed by atoms with E-state index in [4.69, 9.17) is 0 Å². The molecule has 2 atom stereocenters. The number of thiophene rings is 1. The number of aryl methyl sites for hydroxylation is 1. The molecule has 0 aliphatic heterocycles. The lowest BCUT2D eigenvalue weighted by molar-refractivity contribution is 0.387. The second kappa shape index (κ2) is 6.29. The lowest BCUT2D eigenvalue weighted by atomic mass is 9.93. The van der Waals surface area contributed by atoms with E-state index in [1.54, 1.807) is 4.88 Å². The van der Waals surface area contributed by atoms with Crippen LogP contribution in [0.25, 0.3) is 0 Å². The van der Waals surface area contributed by atoms with Gasteiger partial charge in [0.25, 0.3) is 0 Å². The minimum absolute atomic E-state index is 0.542. The maximum Gasteiger partial charge on any atom is 0.0441 e. The molecule has 0 aliphatic carbocycles. The Labute approximate surface area is 97.9 Å². The van der Waals surface area contributed by atoms with Crippen molar-refractivity contribution in [1.29, 1.82) is 0 Å². The highest BCUT2D eigenvalue weighted by Crippen LogP contribution is 2.31. The summed E-state index contributed by atoms with van der Waals surface area (Å²) in [6, 6.07) is 2.81. The molecule has 15 heavy (non-hydrogen) atoms. The molecule has 2 unspecified atom stereocenters. The first-order valence-corrected chi connectivity index (χ1v) is 6.86. The fourth-order valence-electron chi connectivity index (χ4n) is 2.21. The molecule has 0 spiro atoms. The summed E-state index contributed by atoms with van der Waals surface area (Å²) < 4.78 is 0. The van der Waals surface area contributed by atoms with Crippen LogP contribution in [0.15, 0.2) is 11.4 Å². The number of nitrogens with one attached hydrogen (secondary N) is 1. The summed E-state index contributed by atoms with van der Waals surface area (Å²) in [4.78, 5) is 1.54. The van der Waals surface area contributed by atoms with Crippen LogP contribution in [0.2, 0.25) is 0 Å². The van der Waals surface area contributed by atoms with E-state index in [0.717, 1.165) is 12.3 Å². The van der Waals surface area contributed by atoms with Crippen LogP contribution in [0, 0.1) is 5.92 Å². The fraction of sp³-hybridized carbons (Fsp3) is 0.692. The van der Waals surface area contributed by atoms with Gasteiger partial charge in [0.2, 0.25) is 0 Å². The summed E-state index contributed by atoms with van der Waals surface area (Å²) in [6.07, 6.45) is 3.72. The average Bonchev–Trinajstić information content (AvgIpc) is 2.67. The van der Waals surface area contributed by atoms with Crippen LogP contribution < -0.4 is 5.32 Å². The monoisotopic (exact) mass is 225 g/mol. The summed E-state index contributed by atoms with van der Waals surface area (Å²) in [7, 11) is 2.08. The lowest BCUT2D eigenvalue weighted by Gasteiger charge is -2.23. The van der Waals surface area contributed by atoms with E-state index in [2.05, 4.69) is 44.6 Å². The van der Waals surface area contributed by atoms with Crippen molar-refractivity contribution in [2.75, 3.05) is 7.05 Å². The molecule has 1 aromatic heterocycles. The van der Waals surface area contributed by atoms with Gasteiger partial charge in [-0.2, -0.15) is 0 Å². The molecule has 0 radical (unpaired) electrons. The van der Waals surface area contributed by atoms with Crippen LogP contribution in [0.5, 0.6) is 0 Å². The molecule has 0 saturated carbocycles. The van der Waals surface area contributed by atoms with E-state index in [1.807, 2.05) is 11.3 Å². The first-order valence-electron chi connectivity index (χ1n) is 5.98. The normalized spacial score (nSPS) is 15.2. The van der Waals surface area contributed by atoms with E-state index in [1.165, 1.54) is 18.4 Å². The average molecular weight is 225 g/mol. The minimum atomic E-state index is 0.542. The van der Waals surface area contributed by atoms with Crippen molar-refractivity contribution < 1.29 is 0 Å². The quantitative estimate of drug-likeness (QED) is 0.771. The van der Waals surface area contributed by atoms with Gasteiger partial charge in [0, 0.05) is 10.9 Å². The third kappa shape index (κ3) is 3.05. The highest BCUT2D eigenvalue weighted by molar-refractivity contribution is 7.10. The molecule has 1 nitrogen and oxygen atoms in total. The number of hydrogen-bond acceptors (Lipinski definition) is 2. The summed E-state index contributed by atoms with van der Waals surface area (Å²) in [5.74, 6) is 0.726. The standard InChI is InChI=1S/C13H23NS/c1-5-7-10(3)12(14-4)13-11(6-2)8-9-15-13/h8-10,12,14H,5-7H2,1-4H3. The van der Waals surface area contributed by atoms with Gasteiger partial charge in [0.1, 0.15) is 0 Å². The molecule has 1 heterocycles. The molecular formula is C13H23NS. The van der Waals surface area contributed by atoms with Crippen molar-refractivity contribution in [3.63, 3.8) is 0 Å². The Morgan fingerprint density at radius 2 is 2.13 bits per heavy atom. The van der Waals surface area contributed by atoms with Crippen molar-refractivity contribution in [2.24, 2.45) is 5.92 Å². The van der Waals surface area contributed by atoms with Crippen LogP contribution in [-0.2, 0) is 6.42 Å². The fourth-order valence-corrected chi connectivity index (χ4v) is 3.45. The van der Waals surface area contributed by atoms with E-state index in [9.17, 15) is 0 Å². The summed E-state index contributed by atoms with van der Waals surface area (Å²) >= 11 is 1.90. The molecule has 0 aromatic carbocycles. The largest absolute Gasteiger partial charge is 0.312 e. The van der Waals surface area contributed by atoms with Gasteiger partial charge in [0.15, 0.2) is 0 Å². The maximum absolute atomic E-state index is 3.47. The zero-order valence-corrected chi connectivity index (χ0v) is 11.2. The molecule has 0 aliphatic rings. The molecular weight excluding hydrogens is 202 g/mol. The van der Waals surface area contributed by atoms with Crippen LogP contribution in [-0.4, -0.2) is 7.05 Å². The van der Waals surface area contributed by atoms with Gasteiger partial charge < -0.3 is 5.32 Å². The maximum atomic E-state index is 3.47. The molecule has 0 bridgehead atoms. The Bertz CT molecular complexity index is 280. The van der Waals surface area contributed by atoms with Gasteiger partial charge in [-0.1, -0.05) is 27.2 Å². The Balaban J connectivity index is 2.81. The Morgan fingerprint density at radius 3 is 2.67 bits per heavy atom. The second-order valence-corrected chi connectivity index (χ2v) is 5.14. The molecule has 0 amide bonds. The molecule has 86 valence electrons. The zero-order valence-electron chi connectivity index (χ0n) is 10.3. The van der Waals surface area contributed by atoms with Gasteiger partial charge in [-0.25, -0.2) is 0 Å². The van der Waals surface area contributed by atoms with Gasteiger partial charge >= 0.3 is 0 Å². The van der Waals surface area contributed by atoms with Crippen LogP contribution in [0.3, 0.4) is 0 Å². The Morgan fingerprint density at radius 1 is 1.40 bits per heavy atom. The summed E-state index contributed by atoms with van der Waals surface area (Å²) in [5.41, 5.74) is 1.52. The molecule has 0 saturated heterocycles. The van der Waals surface area contributed by atoms with Crippen LogP contribution >= 0.6 is 11.3 Å². The predicted octanol–water partition coefficient (Wildman–Crippen LogP) is 4.01. The van der Waals surface area contributed by atoms with Crippen LogP contribution in [0.1, 0.15) is 50.1 Å². The summed E-state index contributed by atoms with van der Waals surface area (Å²) in [5, 5.41) is 5.69. The molecule has 0 fully saturated rings. The molecule has 1 aromatic rings. The van der Waals surface area contributed by atoms with Crippen molar-refractivity contribution in [3.8, 4) is 0 Å². The van der Waals surface area contributed by atoms with Crippen molar-refractivity contribution in [2.45, 2.75) is 46.1 Å². The second-order valence-electron chi connectivity index (χ2n) is 4.20. The van der Waals surface area contributed by atoms with Gasteiger partial charge in [-0.3, -0.25) is 0 Å².